The Bertz CT molecular complexity index is 237. The number of rotatable bonds is 2. The number of carbonyl (C=O) groups excluding carboxylic acids is 1. The Morgan fingerprint density at radius 3 is 2.53 bits per heavy atom. The van der Waals surface area contributed by atoms with Crippen molar-refractivity contribution in [1.29, 1.82) is 0 Å². The van der Waals surface area contributed by atoms with Crippen LogP contribution < -0.4 is 11.1 Å². The van der Waals surface area contributed by atoms with E-state index in [0.29, 0.717) is 0 Å². The second kappa shape index (κ2) is 4.86. The van der Waals surface area contributed by atoms with Crippen molar-refractivity contribution in [2.75, 3.05) is 6.61 Å². The van der Waals surface area contributed by atoms with Crippen LogP contribution in [0.2, 0.25) is 0 Å². The first-order valence-corrected chi connectivity index (χ1v) is 4.62. The maximum absolute atomic E-state index is 10.8. The number of hydrogen-bond donors (Lipinski definition) is 5. The Morgan fingerprint density at radius 2 is 2.07 bits per heavy atom. The number of amides is 1. The number of carbonyl (C=O) groups is 1. The predicted molar refractivity (Wildman–Crippen MR) is 49.6 cm³/mol. The van der Waals surface area contributed by atoms with Gasteiger partial charge in [-0.3, -0.25) is 4.79 Å². The molecule has 15 heavy (non-hydrogen) atoms. The van der Waals surface area contributed by atoms with Crippen LogP contribution in [0, 0.1) is 0 Å². The van der Waals surface area contributed by atoms with E-state index in [1.54, 1.807) is 0 Å². The fraction of sp³-hybridized carbons (Fsp3) is 0.875. The Balaban J connectivity index is 2.70. The van der Waals surface area contributed by atoms with E-state index in [-0.39, 0.29) is 5.91 Å². The first-order chi connectivity index (χ1) is 6.97. The Kier molecular flexibility index (Phi) is 4.00. The zero-order valence-corrected chi connectivity index (χ0v) is 8.33. The van der Waals surface area contributed by atoms with Gasteiger partial charge in [-0.1, -0.05) is 0 Å². The molecule has 2 unspecified atom stereocenters. The highest BCUT2D eigenvalue weighted by Gasteiger charge is 2.42. The fourth-order valence-corrected chi connectivity index (χ4v) is 1.55. The van der Waals surface area contributed by atoms with Crippen LogP contribution in [0.5, 0.6) is 0 Å². The van der Waals surface area contributed by atoms with Crippen LogP contribution in [0.25, 0.3) is 0 Å². The fourth-order valence-electron chi connectivity index (χ4n) is 1.55. The minimum Gasteiger partial charge on any atom is -0.394 e. The van der Waals surface area contributed by atoms with E-state index in [1.807, 2.05) is 0 Å². The number of aliphatic hydroxyl groups is 3. The van der Waals surface area contributed by atoms with E-state index >= 15 is 0 Å². The zero-order valence-electron chi connectivity index (χ0n) is 8.33. The molecule has 1 fully saturated rings. The summed E-state index contributed by atoms with van der Waals surface area (Å²) in [6.07, 6.45) is -4.41. The van der Waals surface area contributed by atoms with E-state index in [0.717, 1.165) is 0 Å². The first kappa shape index (κ1) is 12.3. The minimum absolute atomic E-state index is 0.382. The van der Waals surface area contributed by atoms with Gasteiger partial charge in [0.25, 0.3) is 0 Å². The SMILES string of the molecule is CC(=O)NC1[C@H](N)OC(CO)[C@@H](O)[C@@H]1O. The topological polar surface area (TPSA) is 125 Å². The van der Waals surface area contributed by atoms with Gasteiger partial charge in [-0.15, -0.1) is 0 Å². The molecule has 7 nitrogen and oxygen atoms in total. The third-order valence-electron chi connectivity index (χ3n) is 2.33. The standard InChI is InChI=1S/C8H16N2O5/c1-3(12)10-5-7(14)6(13)4(2-11)15-8(5)9/h4-8,11,13-14H,2,9H2,1H3,(H,10,12)/t4?,5?,6-,7-,8-/m1/s1. The summed E-state index contributed by atoms with van der Waals surface area (Å²) < 4.78 is 5.03. The van der Waals surface area contributed by atoms with E-state index < -0.39 is 37.2 Å². The molecule has 1 rings (SSSR count). The molecule has 1 saturated heterocycles. The van der Waals surface area contributed by atoms with Crippen molar-refractivity contribution >= 4 is 5.91 Å². The molecule has 1 heterocycles. The van der Waals surface area contributed by atoms with Gasteiger partial charge < -0.3 is 31.1 Å². The van der Waals surface area contributed by atoms with Gasteiger partial charge in [0, 0.05) is 6.92 Å². The lowest BCUT2D eigenvalue weighted by molar-refractivity contribution is -0.193. The lowest BCUT2D eigenvalue weighted by Gasteiger charge is -2.40. The first-order valence-electron chi connectivity index (χ1n) is 4.62. The lowest BCUT2D eigenvalue weighted by Crippen LogP contribution is -2.66. The van der Waals surface area contributed by atoms with Crippen molar-refractivity contribution in [3.8, 4) is 0 Å². The van der Waals surface area contributed by atoms with Gasteiger partial charge in [-0.2, -0.15) is 0 Å². The molecule has 0 aliphatic carbocycles. The lowest BCUT2D eigenvalue weighted by atomic mass is 9.96. The van der Waals surface area contributed by atoms with Gasteiger partial charge in [0.15, 0.2) is 0 Å². The number of nitrogens with two attached hydrogens (primary N) is 1. The molecule has 0 saturated carbocycles. The number of hydrogen-bond acceptors (Lipinski definition) is 6. The molecule has 1 amide bonds. The molecule has 0 bridgehead atoms. The summed E-state index contributed by atoms with van der Waals surface area (Å²) in [5, 5.41) is 30.3. The number of aliphatic hydroxyl groups excluding tert-OH is 3. The predicted octanol–water partition coefficient (Wildman–Crippen LogP) is -3.11. The van der Waals surface area contributed by atoms with Gasteiger partial charge in [-0.05, 0) is 0 Å². The van der Waals surface area contributed by atoms with Crippen molar-refractivity contribution < 1.29 is 24.9 Å². The molecule has 7 heteroatoms. The summed E-state index contributed by atoms with van der Waals surface area (Å²) in [6.45, 7) is 0.822. The van der Waals surface area contributed by atoms with Gasteiger partial charge in [-0.25, -0.2) is 0 Å². The smallest absolute Gasteiger partial charge is 0.217 e. The molecule has 0 aromatic rings. The maximum atomic E-state index is 10.8. The van der Waals surface area contributed by atoms with Crippen LogP contribution in [-0.2, 0) is 9.53 Å². The molecule has 0 radical (unpaired) electrons. The average Bonchev–Trinajstić information content (AvgIpc) is 2.18. The second-order valence-electron chi connectivity index (χ2n) is 3.53. The molecule has 6 N–H and O–H groups in total. The molecule has 1 aliphatic rings. The largest absolute Gasteiger partial charge is 0.394 e. The quantitative estimate of drug-likeness (QED) is 0.335. The van der Waals surface area contributed by atoms with Crippen molar-refractivity contribution in [1.82, 2.24) is 5.32 Å². The molecule has 0 aromatic carbocycles. The number of ether oxygens (including phenoxy) is 1. The number of nitrogens with one attached hydrogen (secondary N) is 1. The second-order valence-corrected chi connectivity index (χ2v) is 3.53. The van der Waals surface area contributed by atoms with Crippen LogP contribution in [0.1, 0.15) is 6.92 Å². The van der Waals surface area contributed by atoms with Gasteiger partial charge in [0.1, 0.15) is 24.5 Å². The normalized spacial score (nSPS) is 41.3. The van der Waals surface area contributed by atoms with E-state index in [4.69, 9.17) is 15.6 Å². The Morgan fingerprint density at radius 1 is 1.47 bits per heavy atom. The zero-order chi connectivity index (χ0) is 11.6. The van der Waals surface area contributed by atoms with Crippen LogP contribution in [0.4, 0.5) is 0 Å². The highest BCUT2D eigenvalue weighted by Crippen LogP contribution is 2.18. The summed E-state index contributed by atoms with van der Waals surface area (Å²) >= 11 is 0. The van der Waals surface area contributed by atoms with Crippen LogP contribution in [-0.4, -0.2) is 58.4 Å². The molecule has 0 aromatic heterocycles. The van der Waals surface area contributed by atoms with Crippen LogP contribution in [0.3, 0.4) is 0 Å². The molecule has 0 spiro atoms. The highest BCUT2D eigenvalue weighted by atomic mass is 16.5. The highest BCUT2D eigenvalue weighted by molar-refractivity contribution is 5.73. The van der Waals surface area contributed by atoms with Gasteiger partial charge in [0.2, 0.25) is 5.91 Å². The third-order valence-corrected chi connectivity index (χ3v) is 2.33. The minimum atomic E-state index is -1.27. The summed E-state index contributed by atoms with van der Waals surface area (Å²) in [4.78, 5) is 10.8. The van der Waals surface area contributed by atoms with E-state index in [2.05, 4.69) is 5.32 Å². The van der Waals surface area contributed by atoms with Crippen molar-refractivity contribution in [3.63, 3.8) is 0 Å². The third kappa shape index (κ3) is 2.64. The summed E-state index contributed by atoms with van der Waals surface area (Å²) in [7, 11) is 0. The van der Waals surface area contributed by atoms with Crippen molar-refractivity contribution in [2.45, 2.75) is 37.5 Å². The summed E-state index contributed by atoms with van der Waals surface area (Å²) in [5.41, 5.74) is 5.53. The molecular weight excluding hydrogens is 204 g/mol. The molecule has 1 aliphatic heterocycles. The summed E-state index contributed by atoms with van der Waals surface area (Å²) in [6, 6.07) is -0.875. The maximum Gasteiger partial charge on any atom is 0.217 e. The van der Waals surface area contributed by atoms with E-state index in [1.165, 1.54) is 6.92 Å². The molecule has 5 atom stereocenters. The van der Waals surface area contributed by atoms with Crippen LogP contribution >= 0.6 is 0 Å². The molecular formula is C8H16N2O5. The van der Waals surface area contributed by atoms with Crippen LogP contribution in [0.15, 0.2) is 0 Å². The monoisotopic (exact) mass is 220 g/mol. The summed E-state index contributed by atoms with van der Waals surface area (Å²) in [5.74, 6) is -0.382. The van der Waals surface area contributed by atoms with Crippen molar-refractivity contribution in [3.05, 3.63) is 0 Å². The average molecular weight is 220 g/mol. The van der Waals surface area contributed by atoms with Gasteiger partial charge >= 0.3 is 0 Å². The van der Waals surface area contributed by atoms with E-state index in [9.17, 15) is 15.0 Å². The Labute approximate surface area is 86.8 Å². The van der Waals surface area contributed by atoms with Crippen molar-refractivity contribution in [2.24, 2.45) is 5.73 Å². The Hall–Kier alpha value is -0.730. The van der Waals surface area contributed by atoms with Gasteiger partial charge in [0.05, 0.1) is 12.6 Å². The molecule has 88 valence electrons.